The maximum atomic E-state index is 12.9. The summed E-state index contributed by atoms with van der Waals surface area (Å²) in [7, 11) is 0. The third-order valence-electron chi connectivity index (χ3n) is 4.17. The third kappa shape index (κ3) is 4.83. The van der Waals surface area contributed by atoms with Crippen LogP contribution in [0.25, 0.3) is 0 Å². The van der Waals surface area contributed by atoms with Crippen LogP contribution in [0.4, 0.5) is 0 Å². The zero-order valence-electron chi connectivity index (χ0n) is 15.3. The summed E-state index contributed by atoms with van der Waals surface area (Å²) in [6, 6.07) is 12.2. The van der Waals surface area contributed by atoms with Crippen LogP contribution in [-0.4, -0.2) is 58.3 Å². The number of carboxylic acids is 1. The molecular formula is C20H22N2O5. The molecule has 1 aliphatic rings. The summed E-state index contributed by atoms with van der Waals surface area (Å²) in [6.07, 6.45) is 1.04. The van der Waals surface area contributed by atoms with Gasteiger partial charge in [-0.1, -0.05) is 18.2 Å². The molecule has 1 fully saturated rings. The third-order valence-corrected chi connectivity index (χ3v) is 4.17. The Balaban J connectivity index is 1.71. The van der Waals surface area contributed by atoms with E-state index in [-0.39, 0.29) is 17.7 Å². The average Bonchev–Trinajstić information content (AvgIpc) is 2.65. The molecule has 7 heteroatoms. The lowest BCUT2D eigenvalue weighted by molar-refractivity contribution is -0.136. The highest BCUT2D eigenvalue weighted by atomic mass is 16.5. The fraction of sp³-hybridized carbons (Fsp3) is 0.350. The van der Waals surface area contributed by atoms with E-state index in [2.05, 4.69) is 4.98 Å². The number of aromatic carboxylic acids is 1. The molecular weight excluding hydrogens is 348 g/mol. The van der Waals surface area contributed by atoms with Crippen LogP contribution in [0.3, 0.4) is 0 Å². The van der Waals surface area contributed by atoms with Crippen molar-refractivity contribution in [3.8, 4) is 5.75 Å². The van der Waals surface area contributed by atoms with Crippen LogP contribution in [0, 0.1) is 0 Å². The first-order valence-electron chi connectivity index (χ1n) is 8.68. The second-order valence-corrected chi connectivity index (χ2v) is 7.04. The minimum absolute atomic E-state index is 0.155. The van der Waals surface area contributed by atoms with Crippen molar-refractivity contribution in [2.75, 3.05) is 19.7 Å². The quantitative estimate of drug-likeness (QED) is 0.870. The number of carboxylic acid groups (broad SMARTS) is 1. The van der Waals surface area contributed by atoms with Gasteiger partial charge in [-0.3, -0.25) is 4.79 Å². The summed E-state index contributed by atoms with van der Waals surface area (Å²) in [6.45, 7) is 4.90. The average molecular weight is 370 g/mol. The molecule has 1 aromatic heterocycles. The van der Waals surface area contributed by atoms with Crippen molar-refractivity contribution in [2.45, 2.75) is 25.6 Å². The number of carbonyl (C=O) groups is 2. The Morgan fingerprint density at radius 1 is 1.30 bits per heavy atom. The van der Waals surface area contributed by atoms with Gasteiger partial charge in [-0.05, 0) is 38.1 Å². The smallest absolute Gasteiger partial charge is 0.354 e. The van der Waals surface area contributed by atoms with Gasteiger partial charge in [-0.2, -0.15) is 0 Å². The highest BCUT2D eigenvalue weighted by Crippen LogP contribution is 2.23. The molecule has 1 unspecified atom stereocenters. The molecule has 7 nitrogen and oxygen atoms in total. The summed E-state index contributed by atoms with van der Waals surface area (Å²) in [5.41, 5.74) is -0.401. The van der Waals surface area contributed by atoms with Crippen LogP contribution in [0.1, 0.15) is 34.7 Å². The standard InChI is InChI=1S/C20H22N2O5/c1-20(2)13-22(18(23)14-8-9-21-17(10-14)19(24)25)11-16(27-20)12-26-15-6-4-3-5-7-15/h3-10,16H,11-13H2,1-2H3,(H,24,25). The van der Waals surface area contributed by atoms with Crippen LogP contribution in [0.15, 0.2) is 48.7 Å². The minimum Gasteiger partial charge on any atom is -0.491 e. The number of para-hydroxylation sites is 1. The Morgan fingerprint density at radius 2 is 2.04 bits per heavy atom. The maximum absolute atomic E-state index is 12.9. The predicted octanol–water partition coefficient (Wildman–Crippen LogP) is 2.48. The van der Waals surface area contributed by atoms with E-state index in [1.165, 1.54) is 18.3 Å². The predicted molar refractivity (Wildman–Crippen MR) is 98.0 cm³/mol. The summed E-state index contributed by atoms with van der Waals surface area (Å²) < 4.78 is 11.8. The van der Waals surface area contributed by atoms with Crippen LogP contribution in [0.5, 0.6) is 5.75 Å². The molecule has 1 N–H and O–H groups in total. The molecule has 142 valence electrons. The second kappa shape index (κ2) is 7.75. The van der Waals surface area contributed by atoms with Gasteiger partial charge in [0.2, 0.25) is 0 Å². The molecule has 1 aromatic carbocycles. The van der Waals surface area contributed by atoms with E-state index in [0.717, 1.165) is 5.75 Å². The Bertz CT molecular complexity index is 822. The van der Waals surface area contributed by atoms with Crippen molar-refractivity contribution in [1.82, 2.24) is 9.88 Å². The summed E-state index contributed by atoms with van der Waals surface area (Å²) in [5.74, 6) is -0.676. The summed E-state index contributed by atoms with van der Waals surface area (Å²) in [4.78, 5) is 29.4. The zero-order valence-corrected chi connectivity index (χ0v) is 15.3. The highest BCUT2D eigenvalue weighted by Gasteiger charge is 2.36. The number of aromatic nitrogens is 1. The largest absolute Gasteiger partial charge is 0.491 e. The monoisotopic (exact) mass is 370 g/mol. The fourth-order valence-electron chi connectivity index (χ4n) is 3.11. The molecule has 0 radical (unpaired) electrons. The normalized spacial score (nSPS) is 18.7. The van der Waals surface area contributed by atoms with E-state index >= 15 is 0 Å². The van der Waals surface area contributed by atoms with Gasteiger partial charge in [0.05, 0.1) is 12.1 Å². The van der Waals surface area contributed by atoms with Gasteiger partial charge >= 0.3 is 5.97 Å². The van der Waals surface area contributed by atoms with E-state index in [1.807, 2.05) is 44.2 Å². The van der Waals surface area contributed by atoms with Crippen molar-refractivity contribution in [1.29, 1.82) is 0 Å². The van der Waals surface area contributed by atoms with E-state index in [0.29, 0.717) is 25.3 Å². The number of rotatable bonds is 5. The van der Waals surface area contributed by atoms with Crippen molar-refractivity contribution in [2.24, 2.45) is 0 Å². The first kappa shape index (κ1) is 18.8. The van der Waals surface area contributed by atoms with E-state index in [1.54, 1.807) is 4.90 Å². The number of carbonyl (C=O) groups excluding carboxylic acids is 1. The molecule has 2 heterocycles. The lowest BCUT2D eigenvalue weighted by Gasteiger charge is -2.42. The van der Waals surface area contributed by atoms with Gasteiger partial charge in [-0.15, -0.1) is 0 Å². The molecule has 1 saturated heterocycles. The first-order chi connectivity index (χ1) is 12.8. The number of hydrogen-bond acceptors (Lipinski definition) is 5. The number of amides is 1. The Morgan fingerprint density at radius 3 is 2.74 bits per heavy atom. The molecule has 0 spiro atoms. The molecule has 1 aliphatic heterocycles. The Hall–Kier alpha value is -2.93. The van der Waals surface area contributed by atoms with E-state index in [9.17, 15) is 9.59 Å². The van der Waals surface area contributed by atoms with Crippen LogP contribution >= 0.6 is 0 Å². The maximum Gasteiger partial charge on any atom is 0.354 e. The number of pyridine rings is 1. The first-order valence-corrected chi connectivity index (χ1v) is 8.68. The lowest BCUT2D eigenvalue weighted by Crippen LogP contribution is -2.56. The minimum atomic E-state index is -1.17. The molecule has 3 rings (SSSR count). The van der Waals surface area contributed by atoms with Crippen molar-refractivity contribution in [3.05, 3.63) is 59.9 Å². The molecule has 1 atom stereocenters. The molecule has 1 amide bonds. The summed E-state index contributed by atoms with van der Waals surface area (Å²) in [5, 5.41) is 9.08. The number of morpholine rings is 1. The number of nitrogens with zero attached hydrogens (tertiary/aromatic N) is 2. The SMILES string of the molecule is CC1(C)CN(C(=O)c2ccnc(C(=O)O)c2)CC(COc2ccccc2)O1. The van der Waals surface area contributed by atoms with Crippen molar-refractivity contribution in [3.63, 3.8) is 0 Å². The zero-order chi connectivity index (χ0) is 19.4. The topological polar surface area (TPSA) is 89.0 Å². The molecule has 0 bridgehead atoms. The highest BCUT2D eigenvalue weighted by molar-refractivity contribution is 5.96. The van der Waals surface area contributed by atoms with E-state index in [4.69, 9.17) is 14.6 Å². The fourth-order valence-corrected chi connectivity index (χ4v) is 3.11. The van der Waals surface area contributed by atoms with Gasteiger partial charge in [0, 0.05) is 18.3 Å². The van der Waals surface area contributed by atoms with Gasteiger partial charge in [-0.25, -0.2) is 9.78 Å². The molecule has 0 aliphatic carbocycles. The van der Waals surface area contributed by atoms with Gasteiger partial charge < -0.3 is 19.5 Å². The van der Waals surface area contributed by atoms with Gasteiger partial charge in [0.15, 0.2) is 0 Å². The van der Waals surface area contributed by atoms with Crippen LogP contribution in [-0.2, 0) is 4.74 Å². The van der Waals surface area contributed by atoms with Gasteiger partial charge in [0.25, 0.3) is 5.91 Å². The van der Waals surface area contributed by atoms with Gasteiger partial charge in [0.1, 0.15) is 24.2 Å². The summed E-state index contributed by atoms with van der Waals surface area (Å²) >= 11 is 0. The van der Waals surface area contributed by atoms with Crippen molar-refractivity contribution < 1.29 is 24.2 Å². The second-order valence-electron chi connectivity index (χ2n) is 7.04. The number of benzene rings is 1. The van der Waals surface area contributed by atoms with Crippen molar-refractivity contribution >= 4 is 11.9 Å². The van der Waals surface area contributed by atoms with E-state index < -0.39 is 11.6 Å². The molecule has 2 aromatic rings. The van der Waals surface area contributed by atoms with Crippen LogP contribution < -0.4 is 4.74 Å². The Kier molecular flexibility index (Phi) is 5.41. The molecule has 27 heavy (non-hydrogen) atoms. The lowest BCUT2D eigenvalue weighted by atomic mass is 10.0. The number of ether oxygens (including phenoxy) is 2. The van der Waals surface area contributed by atoms with Crippen LogP contribution in [0.2, 0.25) is 0 Å². The Labute approximate surface area is 157 Å². The molecule has 0 saturated carbocycles. The number of hydrogen-bond donors (Lipinski definition) is 1.